The van der Waals surface area contributed by atoms with Crippen molar-refractivity contribution in [3.63, 3.8) is 0 Å². The number of aryl methyl sites for hydroxylation is 2. The Morgan fingerprint density at radius 3 is 2.38 bits per heavy atom. The molecule has 3 amide bonds. The lowest BCUT2D eigenvalue weighted by molar-refractivity contribution is -0.145. The lowest BCUT2D eigenvalue weighted by Gasteiger charge is -2.40. The number of carbonyl (C=O) groups excluding carboxylic acids is 3. The number of fused-ring (bicyclic) bond motifs is 1. The van der Waals surface area contributed by atoms with Crippen molar-refractivity contribution in [3.05, 3.63) is 54.6 Å². The van der Waals surface area contributed by atoms with Crippen LogP contribution in [-0.4, -0.2) is 86.3 Å². The van der Waals surface area contributed by atoms with Crippen LogP contribution in [0.2, 0.25) is 0 Å². The molecule has 3 fully saturated rings. The van der Waals surface area contributed by atoms with Crippen LogP contribution in [0.4, 0.5) is 5.69 Å². The Bertz CT molecular complexity index is 1170. The van der Waals surface area contributed by atoms with E-state index < -0.39 is 28.7 Å². The van der Waals surface area contributed by atoms with Gasteiger partial charge >= 0.3 is 0 Å². The highest BCUT2D eigenvalue weighted by atomic mass is 79.9. The van der Waals surface area contributed by atoms with Crippen LogP contribution in [0.3, 0.4) is 0 Å². The maximum atomic E-state index is 14.9. The van der Waals surface area contributed by atoms with Crippen LogP contribution in [-0.2, 0) is 14.4 Å². The Hall–Kier alpha value is -2.10. The van der Waals surface area contributed by atoms with Gasteiger partial charge in [0, 0.05) is 35.9 Å². The predicted octanol–water partition coefficient (Wildman–Crippen LogP) is 4.34. The first-order valence-corrected chi connectivity index (χ1v) is 15.8. The van der Waals surface area contributed by atoms with Gasteiger partial charge in [-0.15, -0.1) is 24.9 Å². The first kappa shape index (κ1) is 30.8. The van der Waals surface area contributed by atoms with Crippen molar-refractivity contribution in [1.29, 1.82) is 0 Å². The molecule has 1 spiro atoms. The molecule has 3 aliphatic heterocycles. The zero-order chi connectivity index (χ0) is 29.5. The van der Waals surface area contributed by atoms with Gasteiger partial charge in [0.2, 0.25) is 11.8 Å². The number of hydrogen-bond acceptors (Lipinski definition) is 5. The summed E-state index contributed by atoms with van der Waals surface area (Å²) in [6.07, 6.45) is 4.53. The van der Waals surface area contributed by atoms with E-state index in [9.17, 15) is 19.5 Å². The van der Waals surface area contributed by atoms with Gasteiger partial charge in [0.15, 0.2) is 0 Å². The number of likely N-dealkylation sites (tertiary alicyclic amines) is 1. The summed E-state index contributed by atoms with van der Waals surface area (Å²) in [4.78, 5) is 48.3. The Morgan fingerprint density at radius 1 is 1.20 bits per heavy atom. The molecule has 1 aromatic carbocycles. The van der Waals surface area contributed by atoms with Crippen LogP contribution in [0.5, 0.6) is 0 Å². The van der Waals surface area contributed by atoms with Crippen molar-refractivity contribution in [3.8, 4) is 0 Å². The van der Waals surface area contributed by atoms with E-state index >= 15 is 0 Å². The molecular weight excluding hydrogens is 590 g/mol. The van der Waals surface area contributed by atoms with E-state index in [1.54, 1.807) is 45.7 Å². The van der Waals surface area contributed by atoms with Gasteiger partial charge in [-0.3, -0.25) is 14.4 Å². The maximum absolute atomic E-state index is 14.9. The van der Waals surface area contributed by atoms with E-state index in [0.29, 0.717) is 19.4 Å². The topological polar surface area (TPSA) is 81.2 Å². The van der Waals surface area contributed by atoms with E-state index in [4.69, 9.17) is 0 Å². The molecule has 40 heavy (non-hydrogen) atoms. The van der Waals surface area contributed by atoms with Gasteiger partial charge in [0.1, 0.15) is 6.04 Å². The fraction of sp³-hybridized carbons (Fsp3) is 0.581. The molecule has 0 aromatic heterocycles. The van der Waals surface area contributed by atoms with Crippen molar-refractivity contribution in [2.75, 3.05) is 31.6 Å². The lowest BCUT2D eigenvalue weighted by Crippen LogP contribution is -2.58. The number of carbonyl (C=O) groups is 3. The van der Waals surface area contributed by atoms with Crippen LogP contribution in [0.1, 0.15) is 37.8 Å². The number of para-hydroxylation sites is 1. The highest BCUT2D eigenvalue weighted by Gasteiger charge is 2.76. The molecule has 9 heteroatoms. The van der Waals surface area contributed by atoms with E-state index in [0.717, 1.165) is 16.8 Å². The van der Waals surface area contributed by atoms with Crippen LogP contribution >= 0.6 is 27.7 Å². The van der Waals surface area contributed by atoms with E-state index in [-0.39, 0.29) is 46.9 Å². The largest absolute Gasteiger partial charge is 0.394 e. The van der Waals surface area contributed by atoms with Gasteiger partial charge in [-0.2, -0.15) is 0 Å². The molecule has 0 radical (unpaired) electrons. The number of nitrogens with zero attached hydrogens (tertiary/aromatic N) is 3. The first-order chi connectivity index (χ1) is 18.9. The highest BCUT2D eigenvalue weighted by Crippen LogP contribution is 2.68. The quantitative estimate of drug-likeness (QED) is 0.290. The average Bonchev–Trinajstić information content (AvgIpc) is 3.49. The maximum Gasteiger partial charge on any atom is 0.251 e. The molecular formula is C31H42BrN3O4S. The Labute approximate surface area is 251 Å². The summed E-state index contributed by atoms with van der Waals surface area (Å²) in [5.74, 6) is -1.49. The molecule has 2 bridgehead atoms. The molecule has 7 atom stereocenters. The van der Waals surface area contributed by atoms with Gasteiger partial charge in [0.05, 0.1) is 29.2 Å². The van der Waals surface area contributed by atoms with E-state index in [1.807, 2.05) is 45.9 Å². The third-order valence-electron chi connectivity index (χ3n) is 8.66. The number of aliphatic hydroxyl groups excluding tert-OH is 1. The number of amides is 3. The van der Waals surface area contributed by atoms with E-state index in [2.05, 4.69) is 29.1 Å². The third kappa shape index (κ3) is 4.96. The molecule has 0 aliphatic carbocycles. The van der Waals surface area contributed by atoms with Gasteiger partial charge in [-0.05, 0) is 43.7 Å². The highest BCUT2D eigenvalue weighted by molar-refractivity contribution is 9.09. The smallest absolute Gasteiger partial charge is 0.251 e. The minimum Gasteiger partial charge on any atom is -0.394 e. The van der Waals surface area contributed by atoms with Crippen molar-refractivity contribution in [2.45, 2.75) is 67.4 Å². The number of likely N-dealkylation sites (N-methyl/N-ethyl adjacent to an activating group) is 1. The molecule has 3 heterocycles. The summed E-state index contributed by atoms with van der Waals surface area (Å²) in [5.41, 5.74) is 2.74. The fourth-order valence-corrected chi connectivity index (χ4v) is 10.8. The number of rotatable bonds is 11. The predicted molar refractivity (Wildman–Crippen MR) is 166 cm³/mol. The van der Waals surface area contributed by atoms with Crippen molar-refractivity contribution in [1.82, 2.24) is 9.80 Å². The second-order valence-corrected chi connectivity index (χ2v) is 14.6. The summed E-state index contributed by atoms with van der Waals surface area (Å²) in [6, 6.07) is 4.58. The van der Waals surface area contributed by atoms with Crippen LogP contribution in [0.15, 0.2) is 43.5 Å². The molecule has 1 N–H and O–H groups in total. The second-order valence-electron chi connectivity index (χ2n) is 11.9. The van der Waals surface area contributed by atoms with E-state index in [1.165, 1.54) is 0 Å². The SMILES string of the molecule is C=CCN(C)C(=O)[C@H]1[C@H]2C(=O)N([C@@H](CO)CC(C)C)C(C(=O)N(CC=C)c3c(C)cccc3C)C23CC(Br)[C@@H]1S3. The summed E-state index contributed by atoms with van der Waals surface area (Å²) in [5, 5.41) is 10.5. The zero-order valence-electron chi connectivity index (χ0n) is 24.2. The lowest BCUT2D eigenvalue weighted by atomic mass is 9.70. The summed E-state index contributed by atoms with van der Waals surface area (Å²) >= 11 is 5.46. The summed E-state index contributed by atoms with van der Waals surface area (Å²) < 4.78 is -0.789. The van der Waals surface area contributed by atoms with Crippen molar-refractivity contribution >= 4 is 51.1 Å². The Morgan fingerprint density at radius 2 is 1.82 bits per heavy atom. The Kier molecular flexibility index (Phi) is 9.27. The minimum atomic E-state index is -0.822. The van der Waals surface area contributed by atoms with Gasteiger partial charge in [0.25, 0.3) is 5.91 Å². The molecule has 3 unspecified atom stereocenters. The number of thioether (sulfide) groups is 1. The number of halogens is 1. The number of anilines is 1. The molecule has 3 saturated heterocycles. The molecule has 218 valence electrons. The first-order valence-electron chi connectivity index (χ1n) is 14.0. The standard InChI is InChI=1S/C31H42BrN3O4S/c1-8-13-33(7)28(37)23-24-29(38)35(21(17-36)15-18(3)4)27(31(24)16-22(32)26(23)40-31)30(39)34(14-9-2)25-19(5)11-10-12-20(25)6/h8-12,18,21-24,26-27,36H,1-2,13-17H2,3-7H3/t21-,22?,23+,24+,26+,27?,31?/m1/s1. The van der Waals surface area contributed by atoms with Crippen molar-refractivity contribution in [2.24, 2.45) is 17.8 Å². The fourth-order valence-electron chi connectivity index (χ4n) is 7.18. The average molecular weight is 633 g/mol. The van der Waals surface area contributed by atoms with Crippen LogP contribution < -0.4 is 4.90 Å². The summed E-state index contributed by atoms with van der Waals surface area (Å²) in [7, 11) is 1.73. The van der Waals surface area contributed by atoms with Gasteiger partial charge in [-0.25, -0.2) is 0 Å². The number of aliphatic hydroxyl groups is 1. The Balaban J connectivity index is 1.89. The zero-order valence-corrected chi connectivity index (χ0v) is 26.6. The van der Waals surface area contributed by atoms with Crippen molar-refractivity contribution < 1.29 is 19.5 Å². The number of hydrogen-bond donors (Lipinski definition) is 1. The molecule has 1 aromatic rings. The normalized spacial score (nSPS) is 29.4. The molecule has 7 nitrogen and oxygen atoms in total. The number of alkyl halides is 1. The number of benzene rings is 1. The second kappa shape index (κ2) is 12.0. The van der Waals surface area contributed by atoms with Crippen LogP contribution in [0, 0.1) is 31.6 Å². The molecule has 3 aliphatic rings. The van der Waals surface area contributed by atoms with Gasteiger partial charge in [-0.1, -0.05) is 60.1 Å². The third-order valence-corrected chi connectivity index (χ3v) is 11.9. The monoisotopic (exact) mass is 631 g/mol. The van der Waals surface area contributed by atoms with Crippen LogP contribution in [0.25, 0.3) is 0 Å². The molecule has 0 saturated carbocycles. The van der Waals surface area contributed by atoms with Gasteiger partial charge < -0.3 is 19.8 Å². The molecule has 4 rings (SSSR count). The summed E-state index contributed by atoms with van der Waals surface area (Å²) in [6.45, 7) is 16.2. The minimum absolute atomic E-state index is 0.0198.